The van der Waals surface area contributed by atoms with E-state index in [1.165, 1.54) is 199 Å². The average Bonchev–Trinajstić information content (AvgIpc) is 1.24. The monoisotopic (exact) mass is 1410 g/mol. The summed E-state index contributed by atoms with van der Waals surface area (Å²) < 4.78 is 68.5. The Morgan fingerprint density at radius 1 is 0.302 bits per heavy atom. The van der Waals surface area contributed by atoms with Gasteiger partial charge in [0.1, 0.15) is 19.3 Å². The minimum absolute atomic E-state index is 0.102. The van der Waals surface area contributed by atoms with Crippen molar-refractivity contribution >= 4 is 39.5 Å². The highest BCUT2D eigenvalue weighted by atomic mass is 31.2. The third-order valence-corrected chi connectivity index (χ3v) is 20.5. The molecule has 17 nitrogen and oxygen atoms in total. The van der Waals surface area contributed by atoms with Crippen LogP contribution in [0, 0.1) is 17.8 Å². The second kappa shape index (κ2) is 67.5. The van der Waals surface area contributed by atoms with E-state index in [1.807, 2.05) is 0 Å². The molecule has 0 aromatic rings. The summed E-state index contributed by atoms with van der Waals surface area (Å²) in [6, 6.07) is 0. The molecule has 96 heavy (non-hydrogen) atoms. The Hall–Kier alpha value is -1.94. The summed E-state index contributed by atoms with van der Waals surface area (Å²) in [6.45, 7) is 11.8. The predicted molar refractivity (Wildman–Crippen MR) is 391 cm³/mol. The van der Waals surface area contributed by atoms with Crippen LogP contribution in [0.3, 0.4) is 0 Å². The van der Waals surface area contributed by atoms with Crippen molar-refractivity contribution in [2.24, 2.45) is 17.8 Å². The number of phosphoric ester groups is 2. The first-order valence-corrected chi connectivity index (χ1v) is 42.9. The van der Waals surface area contributed by atoms with Gasteiger partial charge in [-0.15, -0.1) is 0 Å². The van der Waals surface area contributed by atoms with Crippen LogP contribution in [0.15, 0.2) is 0 Å². The van der Waals surface area contributed by atoms with E-state index in [-0.39, 0.29) is 25.7 Å². The number of esters is 4. The Bertz CT molecular complexity index is 1870. The zero-order chi connectivity index (χ0) is 70.9. The van der Waals surface area contributed by atoms with Crippen LogP contribution in [-0.2, 0) is 65.4 Å². The van der Waals surface area contributed by atoms with Gasteiger partial charge in [-0.2, -0.15) is 0 Å². The van der Waals surface area contributed by atoms with Crippen LogP contribution >= 0.6 is 15.6 Å². The molecule has 0 aromatic heterocycles. The van der Waals surface area contributed by atoms with Crippen molar-refractivity contribution in [3.63, 3.8) is 0 Å². The van der Waals surface area contributed by atoms with Gasteiger partial charge in [-0.05, 0) is 43.4 Å². The quantitative estimate of drug-likeness (QED) is 0.0222. The van der Waals surface area contributed by atoms with Gasteiger partial charge in [0.15, 0.2) is 12.2 Å². The third-order valence-electron chi connectivity index (χ3n) is 18.6. The van der Waals surface area contributed by atoms with Crippen molar-refractivity contribution in [3.8, 4) is 0 Å². The second-order valence-electron chi connectivity index (χ2n) is 28.7. The van der Waals surface area contributed by atoms with E-state index in [4.69, 9.17) is 37.0 Å². The summed E-state index contributed by atoms with van der Waals surface area (Å²) >= 11 is 0. The van der Waals surface area contributed by atoms with Crippen LogP contribution < -0.4 is 0 Å². The fraction of sp³-hybridized carbons (Fsp3) is 0.948. The minimum atomic E-state index is -4.96. The van der Waals surface area contributed by atoms with Crippen LogP contribution in [-0.4, -0.2) is 96.7 Å². The Kier molecular flexibility index (Phi) is 66.2. The molecule has 0 aliphatic carbocycles. The molecule has 0 rings (SSSR count). The Labute approximate surface area is 588 Å². The first kappa shape index (κ1) is 94.1. The van der Waals surface area contributed by atoms with Gasteiger partial charge < -0.3 is 33.8 Å². The predicted octanol–water partition coefficient (Wildman–Crippen LogP) is 22.6. The van der Waals surface area contributed by atoms with E-state index in [0.717, 1.165) is 108 Å². The summed E-state index contributed by atoms with van der Waals surface area (Å²) in [4.78, 5) is 72.7. The SMILES string of the molecule is CCCCCCCCCCCCCCCCCC(=O)OC[C@H](COP(=O)(O)OC[C@@H](O)COP(=O)(O)OC[C@@H](COC(=O)CCCCCCCCC(C)C)OC(=O)CCCCCCCCC(C)CC)OC(=O)CCCCCCCCCCCCCCCCCCCCC(C)CC. The number of phosphoric acid groups is 2. The topological polar surface area (TPSA) is 237 Å². The van der Waals surface area contributed by atoms with Crippen molar-refractivity contribution in [2.45, 2.75) is 414 Å². The highest BCUT2D eigenvalue weighted by Gasteiger charge is 2.30. The molecule has 3 N–H and O–H groups in total. The number of aliphatic hydroxyl groups excluding tert-OH is 1. The Morgan fingerprint density at radius 2 is 0.531 bits per heavy atom. The second-order valence-corrected chi connectivity index (χ2v) is 31.6. The molecule has 0 heterocycles. The number of aliphatic hydroxyl groups is 1. The lowest BCUT2D eigenvalue weighted by Gasteiger charge is -2.21. The highest BCUT2D eigenvalue weighted by molar-refractivity contribution is 7.47. The van der Waals surface area contributed by atoms with Gasteiger partial charge in [-0.25, -0.2) is 9.13 Å². The molecule has 0 aliphatic rings. The van der Waals surface area contributed by atoms with E-state index in [2.05, 4.69) is 48.5 Å². The van der Waals surface area contributed by atoms with E-state index < -0.39 is 97.5 Å². The van der Waals surface area contributed by atoms with Crippen molar-refractivity contribution in [1.29, 1.82) is 0 Å². The van der Waals surface area contributed by atoms with Gasteiger partial charge in [-0.1, -0.05) is 344 Å². The Balaban J connectivity index is 5.18. The lowest BCUT2D eigenvalue weighted by atomic mass is 9.99. The molecule has 0 fully saturated rings. The largest absolute Gasteiger partial charge is 0.472 e. The van der Waals surface area contributed by atoms with Gasteiger partial charge in [0.25, 0.3) is 0 Å². The van der Waals surface area contributed by atoms with E-state index in [0.29, 0.717) is 31.6 Å². The molecule has 0 bridgehead atoms. The van der Waals surface area contributed by atoms with Gasteiger partial charge in [0.05, 0.1) is 26.4 Å². The summed E-state index contributed by atoms with van der Waals surface area (Å²) in [7, 11) is -9.91. The van der Waals surface area contributed by atoms with E-state index in [9.17, 15) is 43.2 Å². The number of carbonyl (C=O) groups excluding carboxylic acids is 4. The van der Waals surface area contributed by atoms with Crippen LogP contribution in [0.4, 0.5) is 0 Å². The maximum Gasteiger partial charge on any atom is 0.472 e. The summed E-state index contributed by atoms with van der Waals surface area (Å²) in [5.41, 5.74) is 0. The molecule has 570 valence electrons. The summed E-state index contributed by atoms with van der Waals surface area (Å²) in [6.07, 6.45) is 54.4. The van der Waals surface area contributed by atoms with E-state index in [1.54, 1.807) is 0 Å². The first-order valence-electron chi connectivity index (χ1n) is 39.9. The molecule has 0 saturated carbocycles. The molecule has 0 radical (unpaired) electrons. The lowest BCUT2D eigenvalue weighted by Crippen LogP contribution is -2.30. The zero-order valence-corrected chi connectivity index (χ0v) is 64.6. The molecule has 7 atom stereocenters. The van der Waals surface area contributed by atoms with Crippen molar-refractivity contribution in [2.75, 3.05) is 39.6 Å². The third kappa shape index (κ3) is 67.9. The molecule has 0 aliphatic heterocycles. The number of hydrogen-bond acceptors (Lipinski definition) is 15. The standard InChI is InChI=1S/C77H150O17P2/c1-8-11-12-13-14-15-16-17-22-26-29-32-35-44-51-58-74(79)87-64-72(93-76(81)60-53-46-36-33-30-27-24-21-19-18-20-23-25-28-31-34-42-49-56-69(6)9-2)66-91-95(83,84)89-62-71(78)63-90-96(85,86)92-67-73(65-88-75(80)59-52-45-39-37-41-48-55-68(4)5)94-77(82)61-54-47-40-38-43-50-57-70(7)10-3/h68-73,78H,8-67H2,1-7H3,(H,83,84)(H,85,86)/t69?,70?,71-,72-,73-/m1/s1. The Morgan fingerprint density at radius 3 is 0.792 bits per heavy atom. The van der Waals surface area contributed by atoms with E-state index >= 15 is 0 Å². The lowest BCUT2D eigenvalue weighted by molar-refractivity contribution is -0.161. The molecule has 4 unspecified atom stereocenters. The minimum Gasteiger partial charge on any atom is -0.462 e. The van der Waals surface area contributed by atoms with Crippen molar-refractivity contribution < 1.29 is 80.2 Å². The molecule has 0 aromatic carbocycles. The summed E-state index contributed by atoms with van der Waals surface area (Å²) in [5, 5.41) is 10.6. The fourth-order valence-corrected chi connectivity index (χ4v) is 13.3. The molecular weight excluding hydrogens is 1260 g/mol. The van der Waals surface area contributed by atoms with Gasteiger partial charge >= 0.3 is 39.5 Å². The first-order chi connectivity index (χ1) is 46.3. The van der Waals surface area contributed by atoms with Gasteiger partial charge in [0, 0.05) is 25.7 Å². The maximum atomic E-state index is 13.1. The fourth-order valence-electron chi connectivity index (χ4n) is 11.7. The highest BCUT2D eigenvalue weighted by Crippen LogP contribution is 2.45. The zero-order valence-electron chi connectivity index (χ0n) is 62.8. The number of unbranched alkanes of at least 4 members (excludes halogenated alkanes) is 41. The number of rotatable bonds is 75. The molecule has 0 saturated heterocycles. The van der Waals surface area contributed by atoms with Gasteiger partial charge in [-0.3, -0.25) is 37.3 Å². The number of hydrogen-bond donors (Lipinski definition) is 3. The normalized spacial score (nSPS) is 14.6. The van der Waals surface area contributed by atoms with Crippen molar-refractivity contribution in [3.05, 3.63) is 0 Å². The number of ether oxygens (including phenoxy) is 4. The van der Waals surface area contributed by atoms with Crippen LogP contribution in [0.25, 0.3) is 0 Å². The maximum absolute atomic E-state index is 13.1. The number of carbonyl (C=O) groups is 4. The molecule has 0 spiro atoms. The van der Waals surface area contributed by atoms with Crippen LogP contribution in [0.1, 0.15) is 395 Å². The molecular formula is C77H150O17P2. The molecule has 0 amide bonds. The van der Waals surface area contributed by atoms with Crippen molar-refractivity contribution in [1.82, 2.24) is 0 Å². The van der Waals surface area contributed by atoms with Gasteiger partial charge in [0.2, 0.25) is 0 Å². The summed E-state index contributed by atoms with van der Waals surface area (Å²) in [5.74, 6) is 0.148. The smallest absolute Gasteiger partial charge is 0.462 e. The molecule has 19 heteroatoms. The average molecular weight is 1410 g/mol. The van der Waals surface area contributed by atoms with Crippen LogP contribution in [0.5, 0.6) is 0 Å². The van der Waals surface area contributed by atoms with Crippen LogP contribution in [0.2, 0.25) is 0 Å².